The Bertz CT molecular complexity index is 145. The van der Waals surface area contributed by atoms with Gasteiger partial charge in [-0.3, -0.25) is 4.79 Å². The van der Waals surface area contributed by atoms with Crippen molar-refractivity contribution in [2.24, 2.45) is 5.92 Å². The van der Waals surface area contributed by atoms with E-state index in [4.69, 9.17) is 0 Å². The van der Waals surface area contributed by atoms with Crippen LogP contribution in [0.2, 0.25) is 0 Å². The van der Waals surface area contributed by atoms with E-state index in [0.29, 0.717) is 5.92 Å². The van der Waals surface area contributed by atoms with E-state index in [2.05, 4.69) is 13.8 Å². The number of allylic oxidation sites excluding steroid dienone is 2. The fourth-order valence-corrected chi connectivity index (χ4v) is 0.662. The number of hydrogen-bond donors (Lipinski definition) is 0. The molecule has 0 bridgehead atoms. The topological polar surface area (TPSA) is 17.1 Å². The predicted molar refractivity (Wildman–Crippen MR) is 43.9 cm³/mol. The Morgan fingerprint density at radius 3 is 2.30 bits per heavy atom. The minimum Gasteiger partial charge on any atom is -0.295 e. The zero-order valence-electron chi connectivity index (χ0n) is 7.27. The van der Waals surface area contributed by atoms with Gasteiger partial charge in [-0.2, -0.15) is 0 Å². The number of carbonyl (C=O) groups is 1. The van der Waals surface area contributed by atoms with Crippen molar-refractivity contribution in [2.75, 3.05) is 0 Å². The summed E-state index contributed by atoms with van der Waals surface area (Å²) in [4.78, 5) is 10.7. The van der Waals surface area contributed by atoms with E-state index in [0.717, 1.165) is 12.0 Å². The van der Waals surface area contributed by atoms with Gasteiger partial charge < -0.3 is 0 Å². The van der Waals surface area contributed by atoms with Crippen molar-refractivity contribution in [3.63, 3.8) is 0 Å². The highest BCUT2D eigenvalue weighted by Gasteiger charge is 1.98. The summed E-state index contributed by atoms with van der Waals surface area (Å²) in [7, 11) is 0. The fourth-order valence-electron chi connectivity index (χ4n) is 0.662. The molecule has 0 saturated heterocycles. The van der Waals surface area contributed by atoms with Crippen molar-refractivity contribution in [1.82, 2.24) is 0 Å². The summed E-state index contributed by atoms with van der Waals surface area (Å²) in [6, 6.07) is 0. The molecule has 1 atom stereocenters. The summed E-state index contributed by atoms with van der Waals surface area (Å²) in [5.74, 6) is 0.712. The lowest BCUT2D eigenvalue weighted by Gasteiger charge is -2.01. The molecule has 0 radical (unpaired) electrons. The highest BCUT2D eigenvalue weighted by Crippen LogP contribution is 2.06. The molecule has 0 aromatic heterocycles. The van der Waals surface area contributed by atoms with Crippen LogP contribution in [0.15, 0.2) is 11.6 Å². The molecule has 1 heteroatoms. The Kier molecular flexibility index (Phi) is 4.01. The number of rotatable bonds is 3. The van der Waals surface area contributed by atoms with Gasteiger partial charge in [0.05, 0.1) is 0 Å². The Morgan fingerprint density at radius 1 is 1.50 bits per heavy atom. The molecule has 0 aromatic carbocycles. The highest BCUT2D eigenvalue weighted by molar-refractivity contribution is 5.92. The average molecular weight is 140 g/mol. The summed E-state index contributed by atoms with van der Waals surface area (Å²) in [5, 5.41) is 0. The van der Waals surface area contributed by atoms with Gasteiger partial charge in [-0.1, -0.05) is 26.3 Å². The van der Waals surface area contributed by atoms with Crippen LogP contribution in [0.4, 0.5) is 0 Å². The standard InChI is InChI=1S/C9H16O/c1-5-7(2)6-8(3)9(4)10/h6-7H,5H2,1-4H3. The minimum absolute atomic E-state index is 0.181. The van der Waals surface area contributed by atoms with Crippen molar-refractivity contribution >= 4 is 5.78 Å². The minimum atomic E-state index is 0.181. The molecule has 0 aliphatic carbocycles. The number of carbonyl (C=O) groups excluding carboxylic acids is 1. The van der Waals surface area contributed by atoms with E-state index in [1.165, 1.54) is 0 Å². The maximum atomic E-state index is 10.7. The molecule has 0 heterocycles. The summed E-state index contributed by atoms with van der Waals surface area (Å²) in [6.07, 6.45) is 3.13. The summed E-state index contributed by atoms with van der Waals surface area (Å²) in [6.45, 7) is 7.71. The third kappa shape index (κ3) is 3.44. The van der Waals surface area contributed by atoms with Gasteiger partial charge in [0.25, 0.3) is 0 Å². The molecule has 58 valence electrons. The van der Waals surface area contributed by atoms with Crippen LogP contribution in [0.1, 0.15) is 34.1 Å². The SMILES string of the molecule is CCC(C)C=C(C)C(C)=O. The Hall–Kier alpha value is -0.590. The maximum absolute atomic E-state index is 10.7. The molecule has 0 amide bonds. The van der Waals surface area contributed by atoms with Crippen LogP contribution in [-0.2, 0) is 4.79 Å². The summed E-state index contributed by atoms with van der Waals surface area (Å²) < 4.78 is 0. The second kappa shape index (κ2) is 4.26. The molecule has 0 aliphatic rings. The van der Waals surface area contributed by atoms with Gasteiger partial charge in [-0.25, -0.2) is 0 Å². The lowest BCUT2D eigenvalue weighted by Crippen LogP contribution is -1.95. The third-order valence-electron chi connectivity index (χ3n) is 1.73. The van der Waals surface area contributed by atoms with E-state index >= 15 is 0 Å². The van der Waals surface area contributed by atoms with Gasteiger partial charge >= 0.3 is 0 Å². The predicted octanol–water partition coefficient (Wildman–Crippen LogP) is 2.57. The summed E-state index contributed by atoms with van der Waals surface area (Å²) >= 11 is 0. The molecular formula is C9H16O. The van der Waals surface area contributed by atoms with Crippen LogP contribution in [0.3, 0.4) is 0 Å². The molecular weight excluding hydrogens is 124 g/mol. The smallest absolute Gasteiger partial charge is 0.155 e. The Labute approximate surface area is 63.1 Å². The van der Waals surface area contributed by atoms with Gasteiger partial charge in [-0.05, 0) is 25.3 Å². The van der Waals surface area contributed by atoms with E-state index < -0.39 is 0 Å². The van der Waals surface area contributed by atoms with Crippen molar-refractivity contribution in [1.29, 1.82) is 0 Å². The molecule has 0 aliphatic heterocycles. The quantitative estimate of drug-likeness (QED) is 0.551. The largest absolute Gasteiger partial charge is 0.295 e. The number of Topliss-reactive ketones (excluding diaryl/α,β-unsaturated/α-hetero) is 1. The molecule has 0 N–H and O–H groups in total. The van der Waals surface area contributed by atoms with Gasteiger partial charge in [-0.15, -0.1) is 0 Å². The zero-order valence-corrected chi connectivity index (χ0v) is 7.27. The maximum Gasteiger partial charge on any atom is 0.155 e. The molecule has 0 saturated carbocycles. The monoisotopic (exact) mass is 140 g/mol. The zero-order chi connectivity index (χ0) is 8.15. The molecule has 0 fully saturated rings. The van der Waals surface area contributed by atoms with E-state index in [9.17, 15) is 4.79 Å². The second-order valence-electron chi connectivity index (χ2n) is 2.79. The number of hydrogen-bond acceptors (Lipinski definition) is 1. The molecule has 0 rings (SSSR count). The van der Waals surface area contributed by atoms with Crippen LogP contribution in [0.5, 0.6) is 0 Å². The molecule has 1 unspecified atom stereocenters. The Morgan fingerprint density at radius 2 is 2.00 bits per heavy atom. The van der Waals surface area contributed by atoms with Gasteiger partial charge in [0.2, 0.25) is 0 Å². The normalized spacial score (nSPS) is 15.0. The van der Waals surface area contributed by atoms with Crippen LogP contribution in [0.25, 0.3) is 0 Å². The first kappa shape index (κ1) is 9.41. The molecule has 0 aromatic rings. The van der Waals surface area contributed by atoms with Crippen LogP contribution in [0, 0.1) is 5.92 Å². The van der Waals surface area contributed by atoms with Crippen molar-refractivity contribution in [3.8, 4) is 0 Å². The third-order valence-corrected chi connectivity index (χ3v) is 1.73. The van der Waals surface area contributed by atoms with Crippen molar-refractivity contribution in [2.45, 2.75) is 34.1 Å². The van der Waals surface area contributed by atoms with E-state index in [-0.39, 0.29) is 5.78 Å². The van der Waals surface area contributed by atoms with Crippen molar-refractivity contribution in [3.05, 3.63) is 11.6 Å². The van der Waals surface area contributed by atoms with Crippen molar-refractivity contribution < 1.29 is 4.79 Å². The fraction of sp³-hybridized carbons (Fsp3) is 0.667. The summed E-state index contributed by atoms with van der Waals surface area (Å²) in [5.41, 5.74) is 0.884. The lowest BCUT2D eigenvalue weighted by atomic mass is 10.0. The van der Waals surface area contributed by atoms with Crippen LogP contribution >= 0.6 is 0 Å². The van der Waals surface area contributed by atoms with Gasteiger partial charge in [0, 0.05) is 0 Å². The van der Waals surface area contributed by atoms with E-state index in [1.54, 1.807) is 6.92 Å². The van der Waals surface area contributed by atoms with E-state index in [1.807, 2.05) is 13.0 Å². The van der Waals surface area contributed by atoms with Crippen LogP contribution in [-0.4, -0.2) is 5.78 Å². The molecule has 0 spiro atoms. The number of ketones is 1. The van der Waals surface area contributed by atoms with Gasteiger partial charge in [0.15, 0.2) is 5.78 Å². The first-order valence-electron chi connectivity index (χ1n) is 3.77. The average Bonchev–Trinajstić information content (AvgIpc) is 1.87. The molecule has 1 nitrogen and oxygen atoms in total. The molecule has 10 heavy (non-hydrogen) atoms. The Balaban J connectivity index is 4.02. The second-order valence-corrected chi connectivity index (χ2v) is 2.79. The first-order valence-corrected chi connectivity index (χ1v) is 3.77. The van der Waals surface area contributed by atoms with Gasteiger partial charge in [0.1, 0.15) is 0 Å². The lowest BCUT2D eigenvalue weighted by molar-refractivity contribution is -0.113. The van der Waals surface area contributed by atoms with Crippen LogP contribution < -0.4 is 0 Å². The highest BCUT2D eigenvalue weighted by atomic mass is 16.1. The first-order chi connectivity index (χ1) is 4.57.